The molecule has 11 heteroatoms. The Morgan fingerprint density at radius 3 is 2.48 bits per heavy atom. The number of nitrogens with two attached hydrogens (primary N) is 1. The quantitative estimate of drug-likeness (QED) is 0.0651. The van der Waals surface area contributed by atoms with Gasteiger partial charge in [0.05, 0.1) is 6.61 Å². The summed E-state index contributed by atoms with van der Waals surface area (Å²) in [6, 6.07) is 17.8. The van der Waals surface area contributed by atoms with Gasteiger partial charge in [0, 0.05) is 40.5 Å². The molecule has 6 N–H and O–H groups in total. The van der Waals surface area contributed by atoms with Gasteiger partial charge in [0.25, 0.3) is 11.8 Å². The fourth-order valence-corrected chi connectivity index (χ4v) is 5.31. The number of aromatic amines is 1. The molecule has 0 spiro atoms. The van der Waals surface area contributed by atoms with Crippen LogP contribution in [0.15, 0.2) is 72.1 Å². The van der Waals surface area contributed by atoms with Crippen molar-refractivity contribution >= 4 is 46.3 Å². The highest BCUT2D eigenvalue weighted by Crippen LogP contribution is 2.27. The molecule has 44 heavy (non-hydrogen) atoms. The van der Waals surface area contributed by atoms with Gasteiger partial charge in [-0.25, -0.2) is 4.39 Å². The molecule has 0 radical (unpaired) electrons. The van der Waals surface area contributed by atoms with E-state index in [1.165, 1.54) is 24.1 Å². The van der Waals surface area contributed by atoms with E-state index in [9.17, 15) is 14.0 Å². The average molecular weight is 638 g/mol. The minimum absolute atomic E-state index is 0.0641. The van der Waals surface area contributed by atoms with E-state index in [0.29, 0.717) is 43.3 Å². The number of H-pyrrole nitrogens is 1. The number of allylic oxidation sites excluding steroid dienone is 1. The predicted molar refractivity (Wildman–Crippen MR) is 176 cm³/mol. The average Bonchev–Trinajstić information content (AvgIpc) is 3.39. The molecule has 3 aromatic carbocycles. The number of ether oxygens (including phenoxy) is 1. The summed E-state index contributed by atoms with van der Waals surface area (Å²) in [6.07, 6.45) is 1.37. The second-order valence-corrected chi connectivity index (χ2v) is 11.7. The van der Waals surface area contributed by atoms with Crippen molar-refractivity contribution in [2.45, 2.75) is 40.2 Å². The second-order valence-electron chi connectivity index (χ2n) is 10.4. The summed E-state index contributed by atoms with van der Waals surface area (Å²) in [6.45, 7) is 6.82. The van der Waals surface area contributed by atoms with Gasteiger partial charge in [0.15, 0.2) is 0 Å². The Kier molecular flexibility index (Phi) is 11.6. The highest BCUT2D eigenvalue weighted by atomic mass is 35.5. The third-order valence-electron chi connectivity index (χ3n) is 7.06. The first kappa shape index (κ1) is 32.8. The Balaban J connectivity index is 1.25. The summed E-state index contributed by atoms with van der Waals surface area (Å²) in [5, 5.41) is 7.58. The minimum atomic E-state index is -0.412. The molecule has 0 aliphatic heterocycles. The van der Waals surface area contributed by atoms with Gasteiger partial charge < -0.3 is 26.1 Å². The molecule has 1 aromatic heterocycles. The molecule has 0 saturated carbocycles. The molecule has 0 aliphatic rings. The third-order valence-corrected chi connectivity index (χ3v) is 8.40. The molecular weight excluding hydrogens is 601 g/mol. The summed E-state index contributed by atoms with van der Waals surface area (Å²) in [4.78, 5) is 28.9. The van der Waals surface area contributed by atoms with E-state index >= 15 is 0 Å². The monoisotopic (exact) mass is 637 g/mol. The third kappa shape index (κ3) is 8.70. The summed E-state index contributed by atoms with van der Waals surface area (Å²) in [7, 11) is 0. The number of benzene rings is 3. The smallest absolute Gasteiger partial charge is 0.277 e. The molecule has 2 amide bonds. The van der Waals surface area contributed by atoms with Crippen LogP contribution in [0.2, 0.25) is 5.02 Å². The van der Waals surface area contributed by atoms with Crippen molar-refractivity contribution in [1.29, 1.82) is 0 Å². The van der Waals surface area contributed by atoms with Crippen molar-refractivity contribution in [3.8, 4) is 5.75 Å². The zero-order chi connectivity index (χ0) is 31.6. The molecule has 0 aliphatic carbocycles. The molecule has 0 bridgehead atoms. The number of fused-ring (bicyclic) bond motifs is 1. The van der Waals surface area contributed by atoms with Crippen molar-refractivity contribution in [1.82, 2.24) is 20.3 Å². The summed E-state index contributed by atoms with van der Waals surface area (Å²) in [5.41, 5.74) is 11.7. The Labute approximate surface area is 266 Å². The van der Waals surface area contributed by atoms with Crippen molar-refractivity contribution in [2.24, 2.45) is 5.73 Å². The van der Waals surface area contributed by atoms with E-state index < -0.39 is 5.91 Å². The molecule has 0 atom stereocenters. The van der Waals surface area contributed by atoms with Crippen LogP contribution in [-0.2, 0) is 17.8 Å². The number of aryl methyl sites for hydroxylation is 3. The van der Waals surface area contributed by atoms with E-state index in [2.05, 4.69) is 20.3 Å². The van der Waals surface area contributed by atoms with Crippen LogP contribution >= 0.6 is 23.5 Å². The van der Waals surface area contributed by atoms with Crippen LogP contribution in [-0.4, -0.2) is 35.7 Å². The minimum Gasteiger partial charge on any atom is -0.494 e. The summed E-state index contributed by atoms with van der Waals surface area (Å²) in [5.74, 6) is 0.258. The first-order valence-electron chi connectivity index (χ1n) is 14.3. The number of hydrogen-bond donors (Lipinski definition) is 5. The lowest BCUT2D eigenvalue weighted by Crippen LogP contribution is -2.33. The Hall–Kier alpha value is -4.15. The van der Waals surface area contributed by atoms with Crippen molar-refractivity contribution in [3.05, 3.63) is 111 Å². The van der Waals surface area contributed by atoms with Crippen LogP contribution < -0.4 is 25.8 Å². The molecular formula is C33H37ClFN5O3S. The largest absolute Gasteiger partial charge is 0.494 e. The standard InChI is InChI=1S/C33H37ClFN5O3S/c1-20-17-25(18-21(2)29(20)34)43-15-6-8-27-26-7-4-5-9-28(26)39-31(27)33(42)40-44-16-14-37-32(41)30(36)22(3)38-19-23-10-12-24(35)13-11-23/h4-5,7,9-13,17-18,38-39H,6,8,14-16,19,36H2,1-3H3,(H,37,41)(H,40,42)/b30-22-. The maximum atomic E-state index is 13.1. The van der Waals surface area contributed by atoms with Crippen LogP contribution in [0.1, 0.15) is 46.1 Å². The van der Waals surface area contributed by atoms with Crippen LogP contribution in [0.25, 0.3) is 10.9 Å². The van der Waals surface area contributed by atoms with E-state index in [4.69, 9.17) is 22.1 Å². The lowest BCUT2D eigenvalue weighted by atomic mass is 10.1. The Morgan fingerprint density at radius 2 is 1.75 bits per heavy atom. The fraction of sp³-hybridized carbons (Fsp3) is 0.273. The number of amides is 2. The number of rotatable bonds is 14. The number of aromatic nitrogens is 1. The van der Waals surface area contributed by atoms with Gasteiger partial charge in [0.1, 0.15) is 23.0 Å². The SMILES string of the molecule is C/C(NCc1ccc(F)cc1)=C(/N)C(=O)NCCSNC(=O)c1[nH]c2ccccc2c1CCCOc1cc(C)c(Cl)c(C)c1. The van der Waals surface area contributed by atoms with Crippen molar-refractivity contribution in [2.75, 3.05) is 18.9 Å². The number of carbonyl (C=O) groups excluding carboxylic acids is 2. The van der Waals surface area contributed by atoms with Crippen LogP contribution in [0.5, 0.6) is 5.75 Å². The van der Waals surface area contributed by atoms with Crippen molar-refractivity contribution in [3.63, 3.8) is 0 Å². The lowest BCUT2D eigenvalue weighted by molar-refractivity contribution is -0.117. The Morgan fingerprint density at radius 1 is 1.05 bits per heavy atom. The van der Waals surface area contributed by atoms with E-state index in [1.54, 1.807) is 19.1 Å². The van der Waals surface area contributed by atoms with Crippen LogP contribution in [0.4, 0.5) is 4.39 Å². The molecule has 4 rings (SSSR count). The van der Waals surface area contributed by atoms with E-state index in [-0.39, 0.29) is 17.4 Å². The first-order chi connectivity index (χ1) is 21.1. The first-order valence-corrected chi connectivity index (χ1v) is 15.6. The van der Waals surface area contributed by atoms with E-state index in [0.717, 1.165) is 50.3 Å². The number of halogens is 2. The highest BCUT2D eigenvalue weighted by Gasteiger charge is 2.18. The summed E-state index contributed by atoms with van der Waals surface area (Å²) >= 11 is 7.47. The van der Waals surface area contributed by atoms with Crippen LogP contribution in [0, 0.1) is 19.7 Å². The summed E-state index contributed by atoms with van der Waals surface area (Å²) < 4.78 is 21.9. The molecule has 4 aromatic rings. The van der Waals surface area contributed by atoms with Gasteiger partial charge >= 0.3 is 0 Å². The molecule has 1 heterocycles. The molecule has 0 unspecified atom stereocenters. The maximum absolute atomic E-state index is 13.1. The van der Waals surface area contributed by atoms with Gasteiger partial charge in [-0.15, -0.1) is 0 Å². The van der Waals surface area contributed by atoms with Crippen LogP contribution in [0.3, 0.4) is 0 Å². The topological polar surface area (TPSA) is 121 Å². The molecule has 8 nitrogen and oxygen atoms in total. The molecule has 0 fully saturated rings. The van der Waals surface area contributed by atoms with Gasteiger partial charge in [-0.2, -0.15) is 0 Å². The number of hydrogen-bond acceptors (Lipinski definition) is 6. The highest BCUT2D eigenvalue weighted by molar-refractivity contribution is 7.97. The van der Waals surface area contributed by atoms with Crippen molar-refractivity contribution < 1.29 is 18.7 Å². The number of para-hydroxylation sites is 1. The van der Waals surface area contributed by atoms with Gasteiger partial charge in [-0.05, 0) is 98.1 Å². The molecule has 232 valence electrons. The number of nitrogens with one attached hydrogen (secondary N) is 4. The molecule has 0 saturated heterocycles. The second kappa shape index (κ2) is 15.5. The zero-order valence-corrected chi connectivity index (χ0v) is 26.6. The van der Waals surface area contributed by atoms with Gasteiger partial charge in [-0.1, -0.05) is 41.9 Å². The lowest BCUT2D eigenvalue weighted by Gasteiger charge is -2.12. The normalized spacial score (nSPS) is 11.7. The fourth-order valence-electron chi connectivity index (χ4n) is 4.66. The number of carbonyl (C=O) groups is 2. The van der Waals surface area contributed by atoms with Gasteiger partial charge in [-0.3, -0.25) is 14.3 Å². The van der Waals surface area contributed by atoms with Gasteiger partial charge in [0.2, 0.25) is 0 Å². The zero-order valence-electron chi connectivity index (χ0n) is 25.0. The van der Waals surface area contributed by atoms with E-state index in [1.807, 2.05) is 50.2 Å². The predicted octanol–water partition coefficient (Wildman–Crippen LogP) is 6.06. The maximum Gasteiger partial charge on any atom is 0.277 e. The Bertz CT molecular complexity index is 1630.